The van der Waals surface area contributed by atoms with Gasteiger partial charge in [-0.1, -0.05) is 140 Å². The van der Waals surface area contributed by atoms with Crippen molar-refractivity contribution in [2.24, 2.45) is 0 Å². The van der Waals surface area contributed by atoms with Gasteiger partial charge in [0.25, 0.3) is 0 Å². The maximum absolute atomic E-state index is 14.5. The largest absolute Gasteiger partial charge is 0.456 e. The predicted octanol–water partition coefficient (Wildman–Crippen LogP) is 8.98. The van der Waals surface area contributed by atoms with Crippen molar-refractivity contribution in [3.05, 3.63) is 191 Å². The molecule has 0 N–H and O–H groups in total. The summed E-state index contributed by atoms with van der Waals surface area (Å²) in [5, 5.41) is 0.888. The molecular weight excluding hydrogens is 552 g/mol. The predicted molar refractivity (Wildman–Crippen MR) is 179 cm³/mol. The molecule has 4 heteroatoms. The number of hydrogen-bond acceptors (Lipinski definition) is 2. The fraction of sp³-hybridized carbons (Fsp3) is 0.0976. The lowest BCUT2D eigenvalue weighted by atomic mass is 9.80. The molecule has 1 aliphatic rings. The van der Waals surface area contributed by atoms with Crippen LogP contribution in [0.1, 0.15) is 44.0 Å². The van der Waals surface area contributed by atoms with E-state index in [0.717, 1.165) is 38.9 Å². The van der Waals surface area contributed by atoms with Crippen LogP contribution in [0.4, 0.5) is 0 Å². The Labute approximate surface area is 262 Å². The Balaban J connectivity index is 1.42. The summed E-state index contributed by atoms with van der Waals surface area (Å²) in [5.41, 5.74) is 9.70. The van der Waals surface area contributed by atoms with Crippen LogP contribution in [0.3, 0.4) is 0 Å². The minimum atomic E-state index is -0.792. The van der Waals surface area contributed by atoms with Crippen molar-refractivity contribution in [2.75, 3.05) is 0 Å². The number of hydrogen-bond donors (Lipinski definition) is 0. The second-order valence-electron chi connectivity index (χ2n) is 11.7. The van der Waals surface area contributed by atoms with E-state index < -0.39 is 5.54 Å². The topological polar surface area (TPSA) is 36.2 Å². The van der Waals surface area contributed by atoms with Crippen LogP contribution in [-0.2, 0) is 23.4 Å². The zero-order valence-electron chi connectivity index (χ0n) is 25.1. The Bertz CT molecular complexity index is 2110. The SMILES string of the molecule is Cc1cc2c(C(=O)OCc3ccccc3)n(C3(c4ccccc4)c4ccccc4-c4ccccc43)cc2n1Cc1ccccc1. The number of rotatable bonds is 7. The summed E-state index contributed by atoms with van der Waals surface area (Å²) >= 11 is 0. The highest BCUT2D eigenvalue weighted by Gasteiger charge is 2.48. The number of aromatic nitrogens is 2. The Morgan fingerprint density at radius 1 is 0.667 bits per heavy atom. The van der Waals surface area contributed by atoms with Gasteiger partial charge in [-0.2, -0.15) is 0 Å². The standard InChI is InChI=1S/C41H32N2O2/c1-29-25-35-38(42(29)26-30-15-5-2-6-16-30)27-43(39(35)40(44)45-28-31-17-7-3-8-18-31)41(32-19-9-4-10-20-32)36-23-13-11-21-33(36)34-22-12-14-24-37(34)41/h2-25,27H,26,28H2,1H3. The van der Waals surface area contributed by atoms with E-state index in [9.17, 15) is 4.79 Å². The van der Waals surface area contributed by atoms with E-state index in [-0.39, 0.29) is 12.6 Å². The number of nitrogens with zero attached hydrogens (tertiary/aromatic N) is 2. The second kappa shape index (κ2) is 10.8. The Kier molecular flexibility index (Phi) is 6.49. The molecular formula is C41H32N2O2. The molecule has 0 fully saturated rings. The van der Waals surface area contributed by atoms with Gasteiger partial charge in [-0.3, -0.25) is 0 Å². The average Bonchev–Trinajstić information content (AvgIpc) is 3.71. The molecule has 45 heavy (non-hydrogen) atoms. The van der Waals surface area contributed by atoms with Gasteiger partial charge in [0.05, 0.1) is 5.52 Å². The van der Waals surface area contributed by atoms with E-state index in [1.807, 2.05) is 42.5 Å². The summed E-state index contributed by atoms with van der Waals surface area (Å²) in [7, 11) is 0. The van der Waals surface area contributed by atoms with E-state index in [0.29, 0.717) is 12.2 Å². The zero-order chi connectivity index (χ0) is 30.4. The van der Waals surface area contributed by atoms with Gasteiger partial charge in [-0.15, -0.1) is 0 Å². The second-order valence-corrected chi connectivity index (χ2v) is 11.7. The van der Waals surface area contributed by atoms with E-state index in [2.05, 4.69) is 125 Å². The molecule has 0 saturated heterocycles. The molecule has 7 aromatic rings. The van der Waals surface area contributed by atoms with E-state index in [1.54, 1.807) is 0 Å². The van der Waals surface area contributed by atoms with Crippen molar-refractivity contribution in [3.8, 4) is 11.1 Å². The summed E-state index contributed by atoms with van der Waals surface area (Å²) in [6.07, 6.45) is 2.18. The molecule has 8 rings (SSSR count). The summed E-state index contributed by atoms with van der Waals surface area (Å²) < 4.78 is 10.6. The van der Waals surface area contributed by atoms with Crippen molar-refractivity contribution < 1.29 is 9.53 Å². The third-order valence-corrected chi connectivity index (χ3v) is 9.16. The molecule has 0 aliphatic heterocycles. The monoisotopic (exact) mass is 584 g/mol. The van der Waals surface area contributed by atoms with Crippen LogP contribution >= 0.6 is 0 Å². The number of aryl methyl sites for hydroxylation is 1. The Morgan fingerprint density at radius 2 is 1.20 bits per heavy atom. The number of fused-ring (bicyclic) bond motifs is 4. The van der Waals surface area contributed by atoms with Gasteiger partial charge >= 0.3 is 5.97 Å². The highest BCUT2D eigenvalue weighted by Crippen LogP contribution is 2.54. The number of benzene rings is 5. The van der Waals surface area contributed by atoms with Crippen LogP contribution in [0.25, 0.3) is 22.0 Å². The van der Waals surface area contributed by atoms with Crippen LogP contribution in [0, 0.1) is 6.92 Å². The van der Waals surface area contributed by atoms with Crippen LogP contribution in [0.5, 0.6) is 0 Å². The Hall–Kier alpha value is -5.61. The molecule has 5 aromatic carbocycles. The number of ether oxygens (including phenoxy) is 1. The molecule has 4 nitrogen and oxygen atoms in total. The lowest BCUT2D eigenvalue weighted by molar-refractivity contribution is 0.0459. The van der Waals surface area contributed by atoms with Crippen molar-refractivity contribution in [1.29, 1.82) is 0 Å². The first-order chi connectivity index (χ1) is 22.2. The first kappa shape index (κ1) is 27.0. The van der Waals surface area contributed by atoms with E-state index in [1.165, 1.54) is 16.7 Å². The quantitative estimate of drug-likeness (QED) is 0.175. The van der Waals surface area contributed by atoms with Gasteiger partial charge < -0.3 is 13.9 Å². The van der Waals surface area contributed by atoms with Gasteiger partial charge in [0.2, 0.25) is 0 Å². The number of carbonyl (C=O) groups excluding carboxylic acids is 1. The van der Waals surface area contributed by atoms with Crippen molar-refractivity contribution >= 4 is 16.9 Å². The Morgan fingerprint density at radius 3 is 1.82 bits per heavy atom. The molecule has 0 amide bonds. The van der Waals surface area contributed by atoms with Crippen molar-refractivity contribution in [2.45, 2.75) is 25.6 Å². The molecule has 1 aliphatic carbocycles. The average molecular weight is 585 g/mol. The highest BCUT2D eigenvalue weighted by molar-refractivity contribution is 6.04. The highest BCUT2D eigenvalue weighted by atomic mass is 16.5. The summed E-state index contributed by atoms with van der Waals surface area (Å²) in [6.45, 7) is 3.01. The van der Waals surface area contributed by atoms with Gasteiger partial charge in [0.1, 0.15) is 17.8 Å². The summed E-state index contributed by atoms with van der Waals surface area (Å²) in [6, 6.07) is 50.2. The third-order valence-electron chi connectivity index (χ3n) is 9.16. The summed E-state index contributed by atoms with van der Waals surface area (Å²) in [5.74, 6) is -0.345. The van der Waals surface area contributed by atoms with E-state index in [4.69, 9.17) is 4.74 Å². The number of esters is 1. The molecule has 2 heterocycles. The van der Waals surface area contributed by atoms with Gasteiger partial charge in [0.15, 0.2) is 0 Å². The minimum absolute atomic E-state index is 0.196. The first-order valence-electron chi connectivity index (χ1n) is 15.4. The van der Waals surface area contributed by atoms with Crippen LogP contribution in [0.15, 0.2) is 152 Å². The minimum Gasteiger partial charge on any atom is -0.456 e. The number of carbonyl (C=O) groups is 1. The van der Waals surface area contributed by atoms with Crippen LogP contribution in [-0.4, -0.2) is 15.1 Å². The van der Waals surface area contributed by atoms with Crippen molar-refractivity contribution in [1.82, 2.24) is 9.13 Å². The fourth-order valence-corrected chi connectivity index (χ4v) is 7.18. The maximum atomic E-state index is 14.5. The lowest BCUT2D eigenvalue weighted by Crippen LogP contribution is -2.37. The third kappa shape index (κ3) is 4.25. The molecule has 0 atom stereocenters. The normalized spacial score (nSPS) is 13.0. The first-order valence-corrected chi connectivity index (χ1v) is 15.4. The summed E-state index contributed by atoms with van der Waals surface area (Å²) in [4.78, 5) is 14.5. The lowest BCUT2D eigenvalue weighted by Gasteiger charge is -2.36. The molecule has 0 radical (unpaired) electrons. The molecule has 2 aromatic heterocycles. The molecule has 0 saturated carbocycles. The zero-order valence-corrected chi connectivity index (χ0v) is 25.1. The molecule has 218 valence electrons. The van der Waals surface area contributed by atoms with Crippen LogP contribution in [0.2, 0.25) is 0 Å². The van der Waals surface area contributed by atoms with Gasteiger partial charge in [0, 0.05) is 23.8 Å². The van der Waals surface area contributed by atoms with Crippen LogP contribution < -0.4 is 0 Å². The van der Waals surface area contributed by atoms with Gasteiger partial charge in [-0.25, -0.2) is 4.79 Å². The van der Waals surface area contributed by atoms with Crippen molar-refractivity contribution in [3.63, 3.8) is 0 Å². The molecule has 0 unspecified atom stereocenters. The maximum Gasteiger partial charge on any atom is 0.356 e. The molecule has 0 bridgehead atoms. The van der Waals surface area contributed by atoms with Gasteiger partial charge in [-0.05, 0) is 51.9 Å². The molecule has 0 spiro atoms. The fourth-order valence-electron chi connectivity index (χ4n) is 7.18. The van der Waals surface area contributed by atoms with E-state index >= 15 is 0 Å². The smallest absolute Gasteiger partial charge is 0.356 e.